The summed E-state index contributed by atoms with van der Waals surface area (Å²) in [5, 5.41) is 77.6. The highest BCUT2D eigenvalue weighted by Crippen LogP contribution is 2.13. The molecule has 0 spiro atoms. The van der Waals surface area contributed by atoms with Crippen LogP contribution >= 0.6 is 12.6 Å². The van der Waals surface area contributed by atoms with Gasteiger partial charge in [0.25, 0.3) is 11.5 Å². The van der Waals surface area contributed by atoms with Crippen LogP contribution in [0.15, 0.2) is 35.3 Å². The molecule has 3 rings (SSSR count). The van der Waals surface area contributed by atoms with Crippen LogP contribution < -0.4 is 59.6 Å². The SMILES string of the molecule is CCCNC.CO.N=CN.Nc1nc2ncc(CNc3ccc(C(=O)NC(CCC(=O)NC(CC(=O)O)C(=O)NCC(=O)NC(CC(=O)O)C(=O)NC(CC(=O)O)C(=O)NC(CS)C(=O)O)C(=O)O)cc3)nc2c(=O)[nH]1. The lowest BCUT2D eigenvalue weighted by Crippen LogP contribution is -2.57. The van der Waals surface area contributed by atoms with Crippen molar-refractivity contribution in [1.29, 1.82) is 5.41 Å². The molecule has 2 aromatic heterocycles. The summed E-state index contributed by atoms with van der Waals surface area (Å²) in [7, 11) is 2.96. The Balaban J connectivity index is 0.00000517. The smallest absolute Gasteiger partial charge is 0.327 e. The molecule has 418 valence electrons. The summed E-state index contributed by atoms with van der Waals surface area (Å²) in [5.41, 5.74) is 10.2. The van der Waals surface area contributed by atoms with Gasteiger partial charge < -0.3 is 84.6 Å². The molecule has 0 aliphatic rings. The van der Waals surface area contributed by atoms with E-state index in [1.54, 1.807) is 0 Å². The topological polar surface area (TPSA) is 553 Å². The zero-order valence-corrected chi connectivity index (χ0v) is 41.8. The molecule has 0 fully saturated rings. The normalized spacial score (nSPS) is 12.1. The number of fused-ring (bicyclic) bond motifs is 1. The van der Waals surface area contributed by atoms with Gasteiger partial charge in [-0.25, -0.2) is 19.6 Å². The molecule has 5 atom stereocenters. The van der Waals surface area contributed by atoms with E-state index < -0.39 is 145 Å². The molecule has 0 radical (unpaired) electrons. The lowest BCUT2D eigenvalue weighted by Gasteiger charge is -2.23. The Kier molecular flexibility index (Phi) is 31.7. The number of nitrogens with two attached hydrogens (primary N) is 2. The number of anilines is 2. The molecule has 0 bridgehead atoms. The summed E-state index contributed by atoms with van der Waals surface area (Å²) in [6, 6.07) is -3.44. The average Bonchev–Trinajstić information content (AvgIpc) is 3.35. The number of nitrogen functional groups attached to an aromatic ring is 1. The average molecular weight is 1100 g/mol. The van der Waals surface area contributed by atoms with E-state index in [2.05, 4.69) is 66.5 Å². The Labute approximate surface area is 436 Å². The maximum atomic E-state index is 12.9. The van der Waals surface area contributed by atoms with Gasteiger partial charge in [-0.3, -0.25) is 58.3 Å². The van der Waals surface area contributed by atoms with Crippen LogP contribution in [-0.2, 0) is 54.5 Å². The fraction of sp³-hybridized carbons (Fsp3) is 0.429. The van der Waals surface area contributed by atoms with Crippen LogP contribution in [-0.4, -0.2) is 185 Å². The Morgan fingerprint density at radius 3 is 1.71 bits per heavy atom. The number of hydrogen-bond acceptors (Lipinski definition) is 21. The number of rotatable bonds is 28. The van der Waals surface area contributed by atoms with E-state index in [1.807, 2.05) is 28.3 Å². The maximum absolute atomic E-state index is 12.9. The summed E-state index contributed by atoms with van der Waals surface area (Å²) in [4.78, 5) is 161. The largest absolute Gasteiger partial charge is 0.481 e. The summed E-state index contributed by atoms with van der Waals surface area (Å²) < 4.78 is 0. The van der Waals surface area contributed by atoms with Gasteiger partial charge in [0.2, 0.25) is 35.5 Å². The monoisotopic (exact) mass is 1100 g/mol. The van der Waals surface area contributed by atoms with Crippen molar-refractivity contribution in [3.05, 3.63) is 52.1 Å². The van der Waals surface area contributed by atoms with Gasteiger partial charge in [-0.2, -0.15) is 17.6 Å². The van der Waals surface area contributed by atoms with Gasteiger partial charge in [0, 0.05) is 30.5 Å². The second kappa shape index (κ2) is 36.0. The van der Waals surface area contributed by atoms with Gasteiger partial charge in [-0.15, -0.1) is 0 Å². The van der Waals surface area contributed by atoms with Crippen LogP contribution in [0.1, 0.15) is 61.5 Å². The molecular formula is C42H61N15O18S. The van der Waals surface area contributed by atoms with Crippen molar-refractivity contribution < 1.29 is 83.4 Å². The molecule has 3 aromatic rings. The molecule has 5 unspecified atom stereocenters. The van der Waals surface area contributed by atoms with Crippen molar-refractivity contribution in [3.63, 3.8) is 0 Å². The number of aromatic amines is 1. The number of nitrogens with zero attached hydrogens (tertiary/aromatic N) is 3. The molecule has 1 aromatic carbocycles. The van der Waals surface area contributed by atoms with E-state index in [9.17, 15) is 78.0 Å². The van der Waals surface area contributed by atoms with Gasteiger partial charge in [-0.05, 0) is 50.7 Å². The van der Waals surface area contributed by atoms with Crippen LogP contribution in [0.25, 0.3) is 11.2 Å². The quantitative estimate of drug-likeness (QED) is 0.0184. The summed E-state index contributed by atoms with van der Waals surface area (Å²) in [6.45, 7) is 2.33. The van der Waals surface area contributed by atoms with E-state index in [0.29, 0.717) is 11.4 Å². The first-order chi connectivity index (χ1) is 35.9. The van der Waals surface area contributed by atoms with Crippen molar-refractivity contribution in [2.24, 2.45) is 5.73 Å². The van der Waals surface area contributed by atoms with E-state index in [1.165, 1.54) is 36.9 Å². The third kappa shape index (κ3) is 26.1. The minimum Gasteiger partial charge on any atom is -0.481 e. The van der Waals surface area contributed by atoms with E-state index in [-0.39, 0.29) is 29.2 Å². The molecule has 6 amide bonds. The molecule has 2 heterocycles. The number of thiol groups is 1. The number of nitrogens with one attached hydrogen (secondary N) is 10. The molecule has 33 nitrogen and oxygen atoms in total. The fourth-order valence-corrected chi connectivity index (χ4v) is 5.94. The number of amides is 6. The van der Waals surface area contributed by atoms with Crippen molar-refractivity contribution in [2.45, 2.75) is 82.2 Å². The third-order valence-corrected chi connectivity index (χ3v) is 9.53. The number of aliphatic hydroxyl groups excluding tert-OH is 1. The van der Waals surface area contributed by atoms with E-state index in [4.69, 9.17) is 21.4 Å². The highest BCUT2D eigenvalue weighted by Gasteiger charge is 2.32. The Morgan fingerprint density at radius 2 is 1.24 bits per heavy atom. The molecular weight excluding hydrogens is 1030 g/mol. The molecule has 0 aliphatic carbocycles. The second-order valence-corrected chi connectivity index (χ2v) is 15.3. The van der Waals surface area contributed by atoms with Gasteiger partial charge >= 0.3 is 29.8 Å². The standard InChI is InChI=1S/C36H42N12O17S.C4H11N.CH4N2.CH4O/c37-36-47-28-27(33(61)48-36)41-16(11-39-28)10-38-15-3-1-14(2-4-15)29(57)44-17(34(62)63)5-6-22(49)42-18(7-24(51)52)30(58)40-12-23(50)43-19(8-25(53)54)31(59)45-20(9-26(55)56)32(60)46-21(13-66)35(64)65;1-3-4-5-2;2-1-3;1-2/h1-4,11,17-21,38,66H,5-10,12-13H2,(H,40,58)(H,42,49)(H,43,50)(H,44,57)(H,45,59)(H,46,60)(H,51,52)(H,53,54)(H,55,56)(H,62,63)(H,64,65)(H3,37,39,47,48,61);5H,3-4H2,1-2H3;1H,(H3,2,3);2H,1H3. The second-order valence-electron chi connectivity index (χ2n) is 15.0. The molecule has 20 N–H and O–H groups in total. The predicted molar refractivity (Wildman–Crippen MR) is 269 cm³/mol. The van der Waals surface area contributed by atoms with E-state index >= 15 is 0 Å². The zero-order chi connectivity index (χ0) is 58.1. The van der Waals surface area contributed by atoms with E-state index in [0.717, 1.165) is 20.0 Å². The fourth-order valence-electron chi connectivity index (χ4n) is 5.70. The number of carboxylic acids is 5. The van der Waals surface area contributed by atoms with Crippen LogP contribution in [0.5, 0.6) is 0 Å². The van der Waals surface area contributed by atoms with Crippen LogP contribution in [0.3, 0.4) is 0 Å². The number of H-pyrrole nitrogens is 1. The Hall–Kier alpha value is -9.05. The maximum Gasteiger partial charge on any atom is 0.327 e. The molecule has 0 aliphatic heterocycles. The Morgan fingerprint density at radius 1 is 0.737 bits per heavy atom. The number of carbonyl (C=O) groups excluding carboxylic acids is 6. The number of carbonyl (C=O) groups is 11. The molecule has 34 heteroatoms. The minimum absolute atomic E-state index is 0.0134. The first-order valence-electron chi connectivity index (χ1n) is 22.0. The van der Waals surface area contributed by atoms with Gasteiger partial charge in [0.1, 0.15) is 30.2 Å². The Bertz CT molecular complexity index is 2550. The lowest BCUT2D eigenvalue weighted by atomic mass is 10.1. The highest BCUT2D eigenvalue weighted by molar-refractivity contribution is 7.80. The van der Waals surface area contributed by atoms with Crippen LogP contribution in [0, 0.1) is 5.41 Å². The van der Waals surface area contributed by atoms with Crippen molar-refractivity contribution in [3.8, 4) is 0 Å². The zero-order valence-electron chi connectivity index (χ0n) is 40.9. The van der Waals surface area contributed by atoms with Crippen LogP contribution in [0.2, 0.25) is 0 Å². The first-order valence-corrected chi connectivity index (χ1v) is 22.7. The van der Waals surface area contributed by atoms with Crippen molar-refractivity contribution >= 4 is 107 Å². The summed E-state index contributed by atoms with van der Waals surface area (Å²) in [6.07, 6.45) is -1.17. The van der Waals surface area contributed by atoms with Crippen LogP contribution in [0.4, 0.5) is 11.6 Å². The van der Waals surface area contributed by atoms with Crippen molar-refractivity contribution in [2.75, 3.05) is 44.1 Å². The first kappa shape index (κ1) is 67.0. The number of aliphatic carboxylic acids is 5. The number of aliphatic hydroxyl groups is 1. The summed E-state index contributed by atoms with van der Waals surface area (Å²) >= 11 is 3.75. The molecule has 0 saturated carbocycles. The minimum atomic E-state index is -2.01. The summed E-state index contributed by atoms with van der Waals surface area (Å²) in [5.74, 6) is -15.8. The predicted octanol–water partition coefficient (Wildman–Crippen LogP) is -4.86. The number of benzene rings is 1. The number of carboxylic acid groups (broad SMARTS) is 5. The third-order valence-electron chi connectivity index (χ3n) is 9.16. The highest BCUT2D eigenvalue weighted by atomic mass is 32.1. The van der Waals surface area contributed by atoms with Crippen molar-refractivity contribution in [1.82, 2.24) is 57.2 Å². The van der Waals surface area contributed by atoms with Gasteiger partial charge in [0.15, 0.2) is 11.2 Å². The number of hydrogen-bond donors (Lipinski definition) is 19. The van der Waals surface area contributed by atoms with Gasteiger partial charge in [-0.1, -0.05) is 6.92 Å². The number of aromatic nitrogens is 4. The van der Waals surface area contributed by atoms with Gasteiger partial charge in [0.05, 0.1) is 50.6 Å². The molecule has 0 saturated heterocycles. The molecule has 76 heavy (non-hydrogen) atoms. The lowest BCUT2D eigenvalue weighted by molar-refractivity contribution is -0.144.